The Morgan fingerprint density at radius 1 is 1.22 bits per heavy atom. The maximum atomic E-state index is 11.5. The number of carbonyl (C=O) groups is 2. The van der Waals surface area contributed by atoms with E-state index in [1.807, 2.05) is 30.3 Å². The zero-order valence-corrected chi connectivity index (χ0v) is 13.0. The third kappa shape index (κ3) is 5.50. The molecule has 0 atom stereocenters. The minimum Gasteiger partial charge on any atom is -0.445 e. The molecule has 2 aromatic rings. The molecule has 0 fully saturated rings. The molecule has 2 rings (SSSR count). The van der Waals surface area contributed by atoms with Crippen molar-refractivity contribution in [1.29, 1.82) is 0 Å². The van der Waals surface area contributed by atoms with Gasteiger partial charge in [0, 0.05) is 11.1 Å². The summed E-state index contributed by atoms with van der Waals surface area (Å²) < 4.78 is 5.05. The Balaban J connectivity index is 1.79. The molecular weight excluding hydrogens is 314 g/mol. The highest BCUT2D eigenvalue weighted by Crippen LogP contribution is 2.15. The lowest BCUT2D eigenvalue weighted by Crippen LogP contribution is -2.24. The SMILES string of the molecule is O=Cc1ccc(C#CCNC(=O)OCc2ccccc2)c(Cl)c1. The number of alkyl carbamates (subject to hydrolysis) is 1. The summed E-state index contributed by atoms with van der Waals surface area (Å²) in [4.78, 5) is 22.1. The van der Waals surface area contributed by atoms with Crippen LogP contribution in [0.2, 0.25) is 5.02 Å². The quantitative estimate of drug-likeness (QED) is 0.691. The van der Waals surface area contributed by atoms with E-state index in [1.165, 1.54) is 0 Å². The Labute approximate surface area is 139 Å². The average molecular weight is 328 g/mol. The van der Waals surface area contributed by atoms with Gasteiger partial charge in [0.05, 0.1) is 11.6 Å². The van der Waals surface area contributed by atoms with E-state index in [-0.39, 0.29) is 13.2 Å². The van der Waals surface area contributed by atoms with E-state index in [0.717, 1.165) is 5.56 Å². The van der Waals surface area contributed by atoms with Gasteiger partial charge in [-0.3, -0.25) is 4.79 Å². The van der Waals surface area contributed by atoms with Crippen LogP contribution in [0.1, 0.15) is 21.5 Å². The topological polar surface area (TPSA) is 55.4 Å². The fraction of sp³-hybridized carbons (Fsp3) is 0.111. The van der Waals surface area contributed by atoms with Crippen LogP contribution in [0, 0.1) is 11.8 Å². The molecule has 0 aliphatic heterocycles. The number of amides is 1. The summed E-state index contributed by atoms with van der Waals surface area (Å²) in [5, 5.41) is 2.93. The lowest BCUT2D eigenvalue weighted by atomic mass is 10.1. The molecule has 0 saturated carbocycles. The third-order valence-electron chi connectivity index (χ3n) is 2.89. The van der Waals surface area contributed by atoms with Gasteiger partial charge in [0.15, 0.2) is 0 Å². The molecule has 0 unspecified atom stereocenters. The molecule has 1 amide bonds. The second-order valence-corrected chi connectivity index (χ2v) is 4.98. The predicted molar refractivity (Wildman–Crippen MR) is 88.3 cm³/mol. The minimum absolute atomic E-state index is 0.138. The van der Waals surface area contributed by atoms with E-state index in [0.29, 0.717) is 22.4 Å². The van der Waals surface area contributed by atoms with E-state index in [2.05, 4.69) is 17.2 Å². The van der Waals surface area contributed by atoms with Gasteiger partial charge < -0.3 is 10.1 Å². The molecule has 1 N–H and O–H groups in total. The van der Waals surface area contributed by atoms with Crippen LogP contribution in [0.25, 0.3) is 0 Å². The highest BCUT2D eigenvalue weighted by Gasteiger charge is 2.01. The summed E-state index contributed by atoms with van der Waals surface area (Å²) in [6, 6.07) is 14.2. The van der Waals surface area contributed by atoms with Crippen molar-refractivity contribution in [2.45, 2.75) is 6.61 Å². The monoisotopic (exact) mass is 327 g/mol. The predicted octanol–water partition coefficient (Wildman–Crippen LogP) is 3.43. The van der Waals surface area contributed by atoms with E-state index in [1.54, 1.807) is 18.2 Å². The molecular formula is C18H14ClNO3. The molecule has 0 heterocycles. The number of carbonyl (C=O) groups excluding carboxylic acids is 2. The fourth-order valence-electron chi connectivity index (χ4n) is 1.74. The first-order chi connectivity index (χ1) is 11.2. The van der Waals surface area contributed by atoms with Gasteiger partial charge in [0.2, 0.25) is 0 Å². The van der Waals surface area contributed by atoms with Gasteiger partial charge in [-0.15, -0.1) is 0 Å². The van der Waals surface area contributed by atoms with Crippen LogP contribution in [0.5, 0.6) is 0 Å². The normalized spacial score (nSPS) is 9.43. The van der Waals surface area contributed by atoms with Gasteiger partial charge in [0.1, 0.15) is 12.9 Å². The Morgan fingerprint density at radius 2 is 2.00 bits per heavy atom. The summed E-state index contributed by atoms with van der Waals surface area (Å²) >= 11 is 5.99. The van der Waals surface area contributed by atoms with Crippen molar-refractivity contribution in [3.63, 3.8) is 0 Å². The minimum atomic E-state index is -0.537. The molecule has 23 heavy (non-hydrogen) atoms. The fourth-order valence-corrected chi connectivity index (χ4v) is 1.97. The van der Waals surface area contributed by atoms with Crippen LogP contribution in [0.3, 0.4) is 0 Å². The lowest BCUT2D eigenvalue weighted by Gasteiger charge is -2.04. The summed E-state index contributed by atoms with van der Waals surface area (Å²) in [7, 11) is 0. The van der Waals surface area contributed by atoms with Gasteiger partial charge in [-0.05, 0) is 17.7 Å². The molecule has 0 saturated heterocycles. The first kappa shape index (κ1) is 16.6. The van der Waals surface area contributed by atoms with Gasteiger partial charge >= 0.3 is 6.09 Å². The van der Waals surface area contributed by atoms with Crippen molar-refractivity contribution in [3.05, 3.63) is 70.2 Å². The van der Waals surface area contributed by atoms with E-state index in [9.17, 15) is 9.59 Å². The summed E-state index contributed by atoms with van der Waals surface area (Å²) in [6.07, 6.45) is 0.179. The number of rotatable bonds is 4. The number of benzene rings is 2. The van der Waals surface area contributed by atoms with Crippen molar-refractivity contribution in [2.24, 2.45) is 0 Å². The van der Waals surface area contributed by atoms with Gasteiger partial charge in [-0.25, -0.2) is 4.79 Å². The second kappa shape index (κ2) is 8.62. The van der Waals surface area contributed by atoms with E-state index in [4.69, 9.17) is 16.3 Å². The van der Waals surface area contributed by atoms with Crippen LogP contribution in [-0.4, -0.2) is 18.9 Å². The number of hydrogen-bond acceptors (Lipinski definition) is 3. The molecule has 5 heteroatoms. The Kier molecular flexibility index (Phi) is 6.22. The van der Waals surface area contributed by atoms with Crippen molar-refractivity contribution in [1.82, 2.24) is 5.32 Å². The summed E-state index contributed by atoms with van der Waals surface area (Å²) in [6.45, 7) is 0.346. The van der Waals surface area contributed by atoms with Crippen LogP contribution >= 0.6 is 11.6 Å². The number of hydrogen-bond donors (Lipinski definition) is 1. The Morgan fingerprint density at radius 3 is 2.70 bits per heavy atom. The van der Waals surface area contributed by atoms with Crippen molar-refractivity contribution in [3.8, 4) is 11.8 Å². The standard InChI is InChI=1S/C18H14ClNO3/c19-17-11-15(12-21)8-9-16(17)7-4-10-20-18(22)23-13-14-5-2-1-3-6-14/h1-3,5-6,8-9,11-12H,10,13H2,(H,20,22). The number of ether oxygens (including phenoxy) is 1. The van der Waals surface area contributed by atoms with Crippen molar-refractivity contribution in [2.75, 3.05) is 6.54 Å². The summed E-state index contributed by atoms with van der Waals surface area (Å²) in [5.74, 6) is 5.60. The molecule has 0 aromatic heterocycles. The van der Waals surface area contributed by atoms with E-state index < -0.39 is 6.09 Å². The highest BCUT2D eigenvalue weighted by atomic mass is 35.5. The molecule has 2 aromatic carbocycles. The molecule has 0 aliphatic carbocycles. The Hall–Kier alpha value is -2.77. The molecule has 0 radical (unpaired) electrons. The second-order valence-electron chi connectivity index (χ2n) is 4.57. The largest absolute Gasteiger partial charge is 0.445 e. The van der Waals surface area contributed by atoms with Crippen LogP contribution in [0.4, 0.5) is 4.79 Å². The molecule has 0 aliphatic rings. The van der Waals surface area contributed by atoms with Crippen molar-refractivity contribution < 1.29 is 14.3 Å². The average Bonchev–Trinajstić information content (AvgIpc) is 2.58. The lowest BCUT2D eigenvalue weighted by molar-refractivity contribution is 0.112. The van der Waals surface area contributed by atoms with E-state index >= 15 is 0 Å². The first-order valence-electron chi connectivity index (χ1n) is 6.87. The van der Waals surface area contributed by atoms with Gasteiger partial charge in [-0.2, -0.15) is 0 Å². The van der Waals surface area contributed by atoms with Gasteiger partial charge in [-0.1, -0.05) is 59.8 Å². The van der Waals surface area contributed by atoms with Gasteiger partial charge in [0.25, 0.3) is 0 Å². The molecule has 0 bridgehead atoms. The van der Waals surface area contributed by atoms with Crippen LogP contribution < -0.4 is 5.32 Å². The van der Waals surface area contributed by atoms with Crippen molar-refractivity contribution >= 4 is 24.0 Å². The zero-order valence-electron chi connectivity index (χ0n) is 12.2. The number of aldehydes is 1. The summed E-state index contributed by atoms with van der Waals surface area (Å²) in [5.41, 5.74) is 2.00. The molecule has 116 valence electrons. The maximum Gasteiger partial charge on any atom is 0.408 e. The smallest absolute Gasteiger partial charge is 0.408 e. The highest BCUT2D eigenvalue weighted by molar-refractivity contribution is 6.32. The number of halogens is 1. The zero-order chi connectivity index (χ0) is 16.5. The molecule has 4 nitrogen and oxygen atoms in total. The molecule has 0 spiro atoms. The Bertz CT molecular complexity index is 748. The first-order valence-corrected chi connectivity index (χ1v) is 7.25. The van der Waals surface area contributed by atoms with Crippen LogP contribution in [-0.2, 0) is 11.3 Å². The third-order valence-corrected chi connectivity index (χ3v) is 3.20. The van der Waals surface area contributed by atoms with Crippen LogP contribution in [0.15, 0.2) is 48.5 Å². The number of nitrogens with one attached hydrogen (secondary N) is 1. The maximum absolute atomic E-state index is 11.5.